The molecule has 102 valence electrons. The molecule has 0 bridgehead atoms. The summed E-state index contributed by atoms with van der Waals surface area (Å²) in [6, 6.07) is 16.2. The van der Waals surface area contributed by atoms with Crippen LogP contribution in [0.4, 0.5) is 0 Å². The lowest BCUT2D eigenvalue weighted by atomic mass is 10.1. The largest absolute Gasteiger partial charge is 0.423 e. The highest BCUT2D eigenvalue weighted by Crippen LogP contribution is 2.59. The quantitative estimate of drug-likeness (QED) is 0.472. The van der Waals surface area contributed by atoms with Crippen molar-refractivity contribution < 1.29 is 9.53 Å². The van der Waals surface area contributed by atoms with Crippen molar-refractivity contribution in [2.75, 3.05) is 0 Å². The number of esters is 1. The van der Waals surface area contributed by atoms with E-state index >= 15 is 0 Å². The second-order valence-corrected chi connectivity index (χ2v) is 6.38. The van der Waals surface area contributed by atoms with Gasteiger partial charge in [0, 0.05) is 5.92 Å². The molecule has 0 N–H and O–H groups in total. The van der Waals surface area contributed by atoms with Gasteiger partial charge in [0.2, 0.25) is 0 Å². The molecule has 0 amide bonds. The molecule has 4 heteroatoms. The molecule has 3 rings (SSSR count). The predicted molar refractivity (Wildman–Crippen MR) is 79.6 cm³/mol. The maximum Gasteiger partial charge on any atom is 0.343 e. The van der Waals surface area contributed by atoms with Crippen LogP contribution in [-0.4, -0.2) is 10.3 Å². The highest BCUT2D eigenvalue weighted by atomic mass is 35.5. The number of rotatable bonds is 3. The third-order valence-electron chi connectivity index (χ3n) is 3.33. The van der Waals surface area contributed by atoms with Crippen molar-refractivity contribution in [3.8, 4) is 5.75 Å². The first-order chi connectivity index (χ1) is 9.56. The molecule has 1 unspecified atom stereocenters. The van der Waals surface area contributed by atoms with Crippen LogP contribution < -0.4 is 4.74 Å². The minimum absolute atomic E-state index is 0.171. The Morgan fingerprint density at radius 2 is 1.65 bits per heavy atom. The molecule has 1 aliphatic rings. The van der Waals surface area contributed by atoms with E-state index in [1.54, 1.807) is 36.4 Å². The summed E-state index contributed by atoms with van der Waals surface area (Å²) >= 11 is 12.1. The average molecular weight is 307 g/mol. The summed E-state index contributed by atoms with van der Waals surface area (Å²) in [6.45, 7) is 0. The second kappa shape index (κ2) is 5.12. The van der Waals surface area contributed by atoms with Gasteiger partial charge < -0.3 is 4.74 Å². The van der Waals surface area contributed by atoms with Crippen molar-refractivity contribution in [1.29, 1.82) is 0 Å². The Labute approximate surface area is 127 Å². The summed E-state index contributed by atoms with van der Waals surface area (Å²) in [6.07, 6.45) is 0.763. The number of alkyl halides is 2. The monoisotopic (exact) mass is 306 g/mol. The van der Waals surface area contributed by atoms with Gasteiger partial charge in [-0.05, 0) is 36.2 Å². The van der Waals surface area contributed by atoms with Crippen LogP contribution in [0.1, 0.15) is 28.3 Å². The fourth-order valence-corrected chi connectivity index (χ4v) is 2.64. The van der Waals surface area contributed by atoms with Crippen molar-refractivity contribution in [2.45, 2.75) is 16.7 Å². The molecule has 1 aliphatic carbocycles. The number of carbonyl (C=O) groups is 1. The Balaban J connectivity index is 1.68. The molecule has 20 heavy (non-hydrogen) atoms. The first kappa shape index (κ1) is 13.5. The lowest BCUT2D eigenvalue weighted by molar-refractivity contribution is 0.0735. The summed E-state index contributed by atoms with van der Waals surface area (Å²) in [4.78, 5) is 11.9. The van der Waals surface area contributed by atoms with Crippen molar-refractivity contribution >= 4 is 29.2 Å². The first-order valence-electron chi connectivity index (χ1n) is 6.31. The molecule has 0 heterocycles. The Hall–Kier alpha value is -1.51. The van der Waals surface area contributed by atoms with Crippen LogP contribution in [0.25, 0.3) is 0 Å². The summed E-state index contributed by atoms with van der Waals surface area (Å²) < 4.78 is 4.67. The lowest BCUT2D eigenvalue weighted by Gasteiger charge is -2.06. The zero-order valence-corrected chi connectivity index (χ0v) is 12.1. The molecule has 2 nitrogen and oxygen atoms in total. The second-order valence-electron chi connectivity index (χ2n) is 4.84. The van der Waals surface area contributed by atoms with Gasteiger partial charge in [-0.1, -0.05) is 30.3 Å². The van der Waals surface area contributed by atoms with Gasteiger partial charge >= 0.3 is 5.97 Å². The molecule has 1 atom stereocenters. The van der Waals surface area contributed by atoms with E-state index in [1.807, 2.05) is 18.2 Å². The van der Waals surface area contributed by atoms with E-state index in [2.05, 4.69) is 0 Å². The highest BCUT2D eigenvalue weighted by molar-refractivity contribution is 6.51. The van der Waals surface area contributed by atoms with Gasteiger partial charge in [-0.15, -0.1) is 23.2 Å². The smallest absolute Gasteiger partial charge is 0.343 e. The number of carbonyl (C=O) groups excluding carboxylic acids is 1. The average Bonchev–Trinajstić information content (AvgIpc) is 3.09. The van der Waals surface area contributed by atoms with Crippen molar-refractivity contribution in [1.82, 2.24) is 0 Å². The van der Waals surface area contributed by atoms with Gasteiger partial charge in [0.05, 0.1) is 5.56 Å². The third-order valence-corrected chi connectivity index (χ3v) is 4.16. The maximum atomic E-state index is 11.9. The molecule has 0 aliphatic heterocycles. The van der Waals surface area contributed by atoms with E-state index in [4.69, 9.17) is 27.9 Å². The minimum Gasteiger partial charge on any atom is -0.423 e. The van der Waals surface area contributed by atoms with E-state index in [1.165, 1.54) is 0 Å². The van der Waals surface area contributed by atoms with Gasteiger partial charge in [-0.25, -0.2) is 4.79 Å². The number of ether oxygens (including phenoxy) is 1. The standard InChI is InChI=1S/C16H12Cl2O2/c17-16(18)10-14(16)11-6-8-13(9-7-11)20-15(19)12-4-2-1-3-5-12/h1-9,14H,10H2. The molecule has 1 fully saturated rings. The van der Waals surface area contributed by atoms with E-state index in [0.717, 1.165) is 12.0 Å². The Bertz CT molecular complexity index is 621. The molecule has 1 saturated carbocycles. The summed E-state index contributed by atoms with van der Waals surface area (Å²) in [5.41, 5.74) is 1.59. The fourth-order valence-electron chi connectivity index (χ4n) is 2.08. The zero-order valence-electron chi connectivity index (χ0n) is 10.6. The summed E-state index contributed by atoms with van der Waals surface area (Å²) in [7, 11) is 0. The molecule has 2 aromatic rings. The minimum atomic E-state index is -0.637. The Morgan fingerprint density at radius 3 is 2.20 bits per heavy atom. The van der Waals surface area contributed by atoms with Crippen LogP contribution in [0, 0.1) is 0 Å². The van der Waals surface area contributed by atoms with E-state index in [-0.39, 0.29) is 11.9 Å². The topological polar surface area (TPSA) is 26.3 Å². The van der Waals surface area contributed by atoms with Gasteiger partial charge in [-0.3, -0.25) is 0 Å². The predicted octanol–water partition coefficient (Wildman–Crippen LogP) is 4.57. The van der Waals surface area contributed by atoms with Gasteiger partial charge in [0.25, 0.3) is 0 Å². The fraction of sp³-hybridized carbons (Fsp3) is 0.188. The molecule has 0 radical (unpaired) electrons. The Kier molecular flexibility index (Phi) is 3.45. The number of halogens is 2. The summed E-state index contributed by atoms with van der Waals surface area (Å²) in [5.74, 6) is 0.316. The van der Waals surface area contributed by atoms with Crippen molar-refractivity contribution in [2.24, 2.45) is 0 Å². The number of benzene rings is 2. The molecular weight excluding hydrogens is 295 g/mol. The molecular formula is C16H12Cl2O2. The first-order valence-corrected chi connectivity index (χ1v) is 7.07. The molecule has 2 aromatic carbocycles. The van der Waals surface area contributed by atoms with Crippen molar-refractivity contribution in [3.63, 3.8) is 0 Å². The SMILES string of the molecule is O=C(Oc1ccc(C2CC2(Cl)Cl)cc1)c1ccccc1. The van der Waals surface area contributed by atoms with Gasteiger partial charge in [0.15, 0.2) is 0 Å². The number of hydrogen-bond donors (Lipinski definition) is 0. The van der Waals surface area contributed by atoms with Crippen LogP contribution in [-0.2, 0) is 0 Å². The number of hydrogen-bond acceptors (Lipinski definition) is 2. The van der Waals surface area contributed by atoms with E-state index in [0.29, 0.717) is 11.3 Å². The molecule has 0 aromatic heterocycles. The van der Waals surface area contributed by atoms with Crippen LogP contribution in [0.3, 0.4) is 0 Å². The van der Waals surface area contributed by atoms with E-state index in [9.17, 15) is 4.79 Å². The van der Waals surface area contributed by atoms with Crippen LogP contribution in [0.15, 0.2) is 54.6 Å². The Morgan fingerprint density at radius 1 is 1.05 bits per heavy atom. The molecule has 0 spiro atoms. The van der Waals surface area contributed by atoms with Crippen molar-refractivity contribution in [3.05, 3.63) is 65.7 Å². The summed E-state index contributed by atoms with van der Waals surface area (Å²) in [5, 5.41) is 0. The van der Waals surface area contributed by atoms with E-state index < -0.39 is 4.33 Å². The maximum absolute atomic E-state index is 11.9. The zero-order chi connectivity index (χ0) is 14.2. The normalized spacial score (nSPS) is 19.4. The third kappa shape index (κ3) is 2.82. The van der Waals surface area contributed by atoms with Gasteiger partial charge in [-0.2, -0.15) is 0 Å². The lowest BCUT2D eigenvalue weighted by Crippen LogP contribution is -2.08. The highest BCUT2D eigenvalue weighted by Gasteiger charge is 2.52. The van der Waals surface area contributed by atoms with Crippen LogP contribution in [0.5, 0.6) is 5.75 Å². The van der Waals surface area contributed by atoms with Crippen LogP contribution in [0.2, 0.25) is 0 Å². The molecule has 0 saturated heterocycles. The van der Waals surface area contributed by atoms with Gasteiger partial charge in [0.1, 0.15) is 10.1 Å². The van der Waals surface area contributed by atoms with Crippen LogP contribution >= 0.6 is 23.2 Å².